The Hall–Kier alpha value is -3.65. The molecule has 0 spiro atoms. The highest BCUT2D eigenvalue weighted by Gasteiger charge is 2.37. The first kappa shape index (κ1) is 23.1. The molecule has 0 saturated carbocycles. The van der Waals surface area contributed by atoms with E-state index in [1.807, 2.05) is 69.3 Å². The molecule has 35 heavy (non-hydrogen) atoms. The maximum absolute atomic E-state index is 13.2. The predicted molar refractivity (Wildman–Crippen MR) is 132 cm³/mol. The van der Waals surface area contributed by atoms with E-state index in [1.54, 1.807) is 4.90 Å². The minimum atomic E-state index is -0.440. The summed E-state index contributed by atoms with van der Waals surface area (Å²) in [6.07, 6.45) is 1.96. The Morgan fingerprint density at radius 3 is 2.57 bits per heavy atom. The molecule has 5 rings (SSSR count). The van der Waals surface area contributed by atoms with Crippen LogP contribution in [0.5, 0.6) is 5.75 Å². The van der Waals surface area contributed by atoms with Crippen LogP contribution < -0.4 is 10.1 Å². The van der Waals surface area contributed by atoms with Gasteiger partial charge in [0.2, 0.25) is 5.82 Å². The number of amides is 2. The Kier molecular flexibility index (Phi) is 6.55. The van der Waals surface area contributed by atoms with Crippen molar-refractivity contribution in [3.63, 3.8) is 0 Å². The summed E-state index contributed by atoms with van der Waals surface area (Å²) in [5, 5.41) is 7.39. The predicted octanol–water partition coefficient (Wildman–Crippen LogP) is 5.12. The molecule has 2 unspecified atom stereocenters. The molecule has 2 aliphatic heterocycles. The number of aryl methyl sites for hydroxylation is 1. The van der Waals surface area contributed by atoms with E-state index < -0.39 is 6.04 Å². The molecule has 0 bridgehead atoms. The van der Waals surface area contributed by atoms with Gasteiger partial charge >= 0.3 is 6.03 Å². The van der Waals surface area contributed by atoms with Gasteiger partial charge in [-0.1, -0.05) is 47.1 Å². The molecule has 1 aromatic heterocycles. The van der Waals surface area contributed by atoms with Crippen molar-refractivity contribution in [3.8, 4) is 17.1 Å². The van der Waals surface area contributed by atoms with Crippen molar-refractivity contribution in [1.82, 2.24) is 20.4 Å². The third-order valence-electron chi connectivity index (χ3n) is 6.50. The number of benzene rings is 2. The van der Waals surface area contributed by atoms with Gasteiger partial charge in [0, 0.05) is 17.9 Å². The van der Waals surface area contributed by atoms with Gasteiger partial charge in [0.05, 0.1) is 30.9 Å². The van der Waals surface area contributed by atoms with Gasteiger partial charge in [-0.05, 0) is 51.3 Å². The topological polar surface area (TPSA) is 89.7 Å². The number of nitrogens with one attached hydrogen (secondary N) is 1. The molecule has 2 aromatic carbocycles. The number of aromatic nitrogens is 2. The average molecular weight is 475 g/mol. The van der Waals surface area contributed by atoms with Crippen LogP contribution in [0.1, 0.15) is 49.7 Å². The highest BCUT2D eigenvalue weighted by atomic mass is 16.5. The lowest BCUT2D eigenvalue weighted by atomic mass is 9.94. The third kappa shape index (κ3) is 4.79. The minimum absolute atomic E-state index is 0.0183. The van der Waals surface area contributed by atoms with Crippen LogP contribution in [-0.4, -0.2) is 46.9 Å². The van der Waals surface area contributed by atoms with E-state index >= 15 is 0 Å². The Labute approximate surface area is 204 Å². The van der Waals surface area contributed by atoms with Gasteiger partial charge in [0.15, 0.2) is 0 Å². The maximum Gasteiger partial charge on any atom is 0.322 e. The fourth-order valence-electron chi connectivity index (χ4n) is 4.60. The minimum Gasteiger partial charge on any atom is -0.494 e. The summed E-state index contributed by atoms with van der Waals surface area (Å²) >= 11 is 0. The van der Waals surface area contributed by atoms with Crippen molar-refractivity contribution in [3.05, 3.63) is 71.2 Å². The summed E-state index contributed by atoms with van der Waals surface area (Å²) < 4.78 is 17.2. The zero-order chi connectivity index (χ0) is 24.4. The summed E-state index contributed by atoms with van der Waals surface area (Å²) in [5.74, 6) is 1.67. The van der Waals surface area contributed by atoms with Crippen molar-refractivity contribution in [1.29, 1.82) is 0 Å². The number of carbonyl (C=O) groups excluding carboxylic acids is 1. The van der Waals surface area contributed by atoms with Crippen molar-refractivity contribution in [2.75, 3.05) is 19.8 Å². The zero-order valence-electron chi connectivity index (χ0n) is 20.3. The normalized spacial score (nSPS) is 20.3. The zero-order valence-corrected chi connectivity index (χ0v) is 20.3. The smallest absolute Gasteiger partial charge is 0.322 e. The van der Waals surface area contributed by atoms with E-state index in [-0.39, 0.29) is 12.1 Å². The molecular formula is C27H30N4O4. The Balaban J connectivity index is 1.54. The summed E-state index contributed by atoms with van der Waals surface area (Å²) in [5.41, 5.74) is 4.49. The van der Waals surface area contributed by atoms with Crippen LogP contribution in [-0.2, 0) is 4.74 Å². The van der Waals surface area contributed by atoms with Crippen LogP contribution in [0.4, 0.5) is 4.79 Å². The lowest BCUT2D eigenvalue weighted by Gasteiger charge is -2.36. The SMILES string of the molecule is CCOc1ccc(C2NC(=O)N(CC3CCCO3)C(C)=C2c2nc(-c3ccc(C)cc3)no2)cc1. The Morgan fingerprint density at radius 2 is 1.89 bits per heavy atom. The Bertz CT molecular complexity index is 1210. The molecule has 3 heterocycles. The molecule has 1 saturated heterocycles. The first-order chi connectivity index (χ1) is 17.0. The molecule has 1 fully saturated rings. The third-order valence-corrected chi connectivity index (χ3v) is 6.50. The number of ether oxygens (including phenoxy) is 2. The number of hydrogen-bond donors (Lipinski definition) is 1. The first-order valence-corrected chi connectivity index (χ1v) is 12.1. The van der Waals surface area contributed by atoms with E-state index in [0.717, 1.165) is 53.2 Å². The fraction of sp³-hybridized carbons (Fsp3) is 0.370. The lowest BCUT2D eigenvalue weighted by Crippen LogP contribution is -2.48. The molecule has 0 aliphatic carbocycles. The number of allylic oxidation sites excluding steroid dienone is 1. The summed E-state index contributed by atoms with van der Waals surface area (Å²) in [6.45, 7) is 7.72. The van der Waals surface area contributed by atoms with Crippen molar-refractivity contribution < 1.29 is 18.8 Å². The van der Waals surface area contributed by atoms with Crippen LogP contribution in [0, 0.1) is 6.92 Å². The fourth-order valence-corrected chi connectivity index (χ4v) is 4.60. The van der Waals surface area contributed by atoms with Gasteiger partial charge in [-0.3, -0.25) is 4.90 Å². The van der Waals surface area contributed by atoms with E-state index in [2.05, 4.69) is 10.5 Å². The summed E-state index contributed by atoms with van der Waals surface area (Å²) in [4.78, 5) is 19.7. The Morgan fingerprint density at radius 1 is 1.11 bits per heavy atom. The van der Waals surface area contributed by atoms with Gasteiger partial charge < -0.3 is 19.3 Å². The number of carbonyl (C=O) groups is 1. The second-order valence-corrected chi connectivity index (χ2v) is 8.92. The molecule has 2 atom stereocenters. The quantitative estimate of drug-likeness (QED) is 0.511. The molecule has 8 heteroatoms. The van der Waals surface area contributed by atoms with Crippen LogP contribution >= 0.6 is 0 Å². The van der Waals surface area contributed by atoms with E-state index in [1.165, 1.54) is 0 Å². The summed E-state index contributed by atoms with van der Waals surface area (Å²) in [6, 6.07) is 15.1. The first-order valence-electron chi connectivity index (χ1n) is 12.1. The van der Waals surface area contributed by atoms with Gasteiger partial charge in [0.1, 0.15) is 5.75 Å². The molecule has 1 N–H and O–H groups in total. The lowest BCUT2D eigenvalue weighted by molar-refractivity contribution is 0.0877. The molecule has 182 valence electrons. The summed E-state index contributed by atoms with van der Waals surface area (Å²) in [7, 11) is 0. The molecule has 2 amide bonds. The standard InChI is InChI=1S/C27H30N4O4/c1-4-33-21-13-11-19(12-14-21)24-23(18(3)31(27(32)28-24)16-22-6-5-15-34-22)26-29-25(30-35-26)20-9-7-17(2)8-10-20/h7-14,22,24H,4-6,15-16H2,1-3H3,(H,28,32). The number of rotatable bonds is 7. The largest absolute Gasteiger partial charge is 0.494 e. The van der Waals surface area contributed by atoms with Gasteiger partial charge in [-0.15, -0.1) is 0 Å². The molecule has 0 radical (unpaired) electrons. The molecular weight excluding hydrogens is 444 g/mol. The number of hydrogen-bond acceptors (Lipinski definition) is 6. The van der Waals surface area contributed by atoms with E-state index in [4.69, 9.17) is 19.0 Å². The molecule has 3 aromatic rings. The number of urea groups is 1. The van der Waals surface area contributed by atoms with Crippen LogP contribution in [0.25, 0.3) is 17.0 Å². The van der Waals surface area contributed by atoms with Gasteiger partial charge in [-0.25, -0.2) is 4.79 Å². The second kappa shape index (κ2) is 9.92. The highest BCUT2D eigenvalue weighted by Crippen LogP contribution is 2.38. The van der Waals surface area contributed by atoms with Crippen LogP contribution in [0.15, 0.2) is 58.8 Å². The van der Waals surface area contributed by atoms with Crippen molar-refractivity contribution >= 4 is 11.6 Å². The van der Waals surface area contributed by atoms with Gasteiger partial charge in [-0.2, -0.15) is 4.98 Å². The van der Waals surface area contributed by atoms with Crippen LogP contribution in [0.3, 0.4) is 0 Å². The highest BCUT2D eigenvalue weighted by molar-refractivity contribution is 5.87. The maximum atomic E-state index is 13.2. The van der Waals surface area contributed by atoms with E-state index in [0.29, 0.717) is 24.9 Å². The van der Waals surface area contributed by atoms with Gasteiger partial charge in [0.25, 0.3) is 5.89 Å². The molecule has 8 nitrogen and oxygen atoms in total. The second-order valence-electron chi connectivity index (χ2n) is 8.92. The van der Waals surface area contributed by atoms with E-state index in [9.17, 15) is 4.79 Å². The van der Waals surface area contributed by atoms with Crippen molar-refractivity contribution in [2.24, 2.45) is 0 Å². The van der Waals surface area contributed by atoms with Crippen molar-refractivity contribution in [2.45, 2.75) is 45.8 Å². The average Bonchev–Trinajstić information content (AvgIpc) is 3.55. The monoisotopic (exact) mass is 474 g/mol. The number of nitrogens with zero attached hydrogens (tertiary/aromatic N) is 3. The molecule has 2 aliphatic rings. The van der Waals surface area contributed by atoms with Crippen LogP contribution in [0.2, 0.25) is 0 Å².